The van der Waals surface area contributed by atoms with E-state index in [0.29, 0.717) is 28.7 Å². The molecule has 0 spiro atoms. The lowest BCUT2D eigenvalue weighted by Crippen LogP contribution is -2.26. The zero-order valence-corrected chi connectivity index (χ0v) is 27.0. The highest BCUT2D eigenvalue weighted by atomic mass is 16.3. The molecule has 6 aromatic rings. The fourth-order valence-corrected chi connectivity index (χ4v) is 6.75. The molecule has 0 aliphatic heterocycles. The Morgan fingerprint density at radius 1 is 0.700 bits per heavy atom. The maximum atomic E-state index is 13.5. The van der Waals surface area contributed by atoms with Crippen LogP contribution in [-0.2, 0) is 0 Å². The summed E-state index contributed by atoms with van der Waals surface area (Å²) in [5.74, 6) is -1.69. The predicted octanol–water partition coefficient (Wildman–Crippen LogP) is 8.01. The SMILES string of the molecule is CC1=C[C@H](c2cc(-c3coc4cc(O)cc(O)c4c3=O)ccc2O)[C@](C)(/C=C/c2cc(-c3coc4cc(O)cc(O)c4c3=O)ccc2O)CC1. The molecular formula is C40H32O10. The highest BCUT2D eigenvalue weighted by Crippen LogP contribution is 2.50. The molecule has 0 fully saturated rings. The maximum absolute atomic E-state index is 13.5. The van der Waals surface area contributed by atoms with Gasteiger partial charge in [-0.3, -0.25) is 9.59 Å². The molecule has 0 unspecified atom stereocenters. The van der Waals surface area contributed by atoms with E-state index in [1.54, 1.807) is 30.3 Å². The molecule has 0 saturated heterocycles. The van der Waals surface area contributed by atoms with Crippen LogP contribution >= 0.6 is 0 Å². The molecule has 252 valence electrons. The molecule has 0 amide bonds. The van der Waals surface area contributed by atoms with Crippen LogP contribution in [0.15, 0.2) is 109 Å². The minimum Gasteiger partial charge on any atom is -0.508 e. The first kappa shape index (κ1) is 32.1. The lowest BCUT2D eigenvalue weighted by molar-refractivity contribution is 0.326. The summed E-state index contributed by atoms with van der Waals surface area (Å²) in [5.41, 5.74) is 1.78. The van der Waals surface area contributed by atoms with Gasteiger partial charge >= 0.3 is 0 Å². The van der Waals surface area contributed by atoms with Gasteiger partial charge in [0.15, 0.2) is 0 Å². The topological polar surface area (TPSA) is 182 Å². The summed E-state index contributed by atoms with van der Waals surface area (Å²) in [6.45, 7) is 4.05. The van der Waals surface area contributed by atoms with E-state index in [4.69, 9.17) is 8.83 Å². The van der Waals surface area contributed by atoms with Crippen LogP contribution in [-0.4, -0.2) is 30.6 Å². The number of hydrogen-bond acceptors (Lipinski definition) is 10. The van der Waals surface area contributed by atoms with Crippen LogP contribution in [0.2, 0.25) is 0 Å². The second kappa shape index (κ2) is 11.9. The average Bonchev–Trinajstić information content (AvgIpc) is 3.06. The molecule has 7 rings (SSSR count). The van der Waals surface area contributed by atoms with Crippen LogP contribution in [0.4, 0.5) is 0 Å². The molecule has 10 nitrogen and oxygen atoms in total. The number of fused-ring (bicyclic) bond motifs is 2. The number of benzene rings is 4. The van der Waals surface area contributed by atoms with Gasteiger partial charge in [-0.25, -0.2) is 0 Å². The lowest BCUT2D eigenvalue weighted by atomic mass is 9.65. The Morgan fingerprint density at radius 2 is 1.24 bits per heavy atom. The largest absolute Gasteiger partial charge is 0.508 e. The van der Waals surface area contributed by atoms with Crippen molar-refractivity contribution in [2.24, 2.45) is 5.41 Å². The minimum absolute atomic E-state index is 0.0201. The van der Waals surface area contributed by atoms with Crippen LogP contribution < -0.4 is 10.9 Å². The van der Waals surface area contributed by atoms with Gasteiger partial charge in [-0.15, -0.1) is 0 Å². The summed E-state index contributed by atoms with van der Waals surface area (Å²) in [6, 6.07) is 14.1. The number of phenolic OH excluding ortho intramolecular Hbond substituents is 6. The van der Waals surface area contributed by atoms with E-state index in [0.717, 1.165) is 24.1 Å². The van der Waals surface area contributed by atoms with Gasteiger partial charge in [0.1, 0.15) is 69.0 Å². The molecule has 2 atom stereocenters. The third-order valence-corrected chi connectivity index (χ3v) is 9.56. The van der Waals surface area contributed by atoms with Gasteiger partial charge in [0.05, 0.1) is 11.1 Å². The van der Waals surface area contributed by atoms with Crippen molar-refractivity contribution in [3.63, 3.8) is 0 Å². The van der Waals surface area contributed by atoms with Crippen LogP contribution in [0.1, 0.15) is 43.7 Å². The van der Waals surface area contributed by atoms with Crippen LogP contribution in [0.3, 0.4) is 0 Å². The van der Waals surface area contributed by atoms with Crippen molar-refractivity contribution >= 4 is 28.0 Å². The zero-order valence-electron chi connectivity index (χ0n) is 27.0. The normalized spacial score (nSPS) is 17.8. The van der Waals surface area contributed by atoms with Gasteiger partial charge in [0, 0.05) is 41.3 Å². The summed E-state index contributed by atoms with van der Waals surface area (Å²) in [5, 5.41) is 62.2. The minimum atomic E-state index is -0.586. The van der Waals surface area contributed by atoms with E-state index < -0.39 is 27.8 Å². The summed E-state index contributed by atoms with van der Waals surface area (Å²) in [6.07, 6.45) is 9.76. The Morgan fingerprint density at radius 3 is 1.82 bits per heavy atom. The number of aromatic hydroxyl groups is 6. The molecule has 6 N–H and O–H groups in total. The van der Waals surface area contributed by atoms with Crippen LogP contribution in [0.25, 0.3) is 50.3 Å². The van der Waals surface area contributed by atoms with Gasteiger partial charge in [-0.2, -0.15) is 0 Å². The molecular weight excluding hydrogens is 640 g/mol. The molecule has 2 aromatic heterocycles. The van der Waals surface area contributed by atoms with Crippen molar-refractivity contribution in [3.8, 4) is 56.8 Å². The highest BCUT2D eigenvalue weighted by molar-refractivity contribution is 5.89. The smallest absolute Gasteiger partial charge is 0.204 e. The molecule has 4 aromatic carbocycles. The second-order valence-electron chi connectivity index (χ2n) is 13.0. The summed E-state index contributed by atoms with van der Waals surface area (Å²) in [7, 11) is 0. The average molecular weight is 673 g/mol. The Labute approximate surface area is 284 Å². The van der Waals surface area contributed by atoms with E-state index in [1.807, 2.05) is 19.9 Å². The molecule has 2 heterocycles. The number of allylic oxidation sites excluding steroid dienone is 3. The third kappa shape index (κ3) is 5.50. The molecule has 50 heavy (non-hydrogen) atoms. The maximum Gasteiger partial charge on any atom is 0.204 e. The first-order valence-electron chi connectivity index (χ1n) is 15.8. The number of hydrogen-bond donors (Lipinski definition) is 6. The standard InChI is InChI=1S/C40H32O10/c1-20-7-9-40(2,10-8-23-12-21(3-5-30(23)43)27-18-49-34-16-24(41)14-32(45)36(34)38(27)47)29(11-20)26-13-22(4-6-31(26)44)28-19-50-35-17-25(42)15-33(46)37(35)39(28)48/h3-6,8,10-19,29,41-46H,7,9H2,1-2H3/b10-8+/t29-,40+/m1/s1. The molecule has 0 bridgehead atoms. The van der Waals surface area contributed by atoms with Crippen molar-refractivity contribution in [1.82, 2.24) is 0 Å². The third-order valence-electron chi connectivity index (χ3n) is 9.56. The summed E-state index contributed by atoms with van der Waals surface area (Å²) < 4.78 is 11.2. The second-order valence-corrected chi connectivity index (χ2v) is 13.0. The van der Waals surface area contributed by atoms with E-state index in [-0.39, 0.29) is 62.0 Å². The molecule has 1 aliphatic carbocycles. The fraction of sp³-hybridized carbons (Fsp3) is 0.150. The first-order valence-corrected chi connectivity index (χ1v) is 15.8. The van der Waals surface area contributed by atoms with Crippen molar-refractivity contribution in [3.05, 3.63) is 122 Å². The van der Waals surface area contributed by atoms with Crippen molar-refractivity contribution in [2.45, 2.75) is 32.6 Å². The van der Waals surface area contributed by atoms with Gasteiger partial charge in [0.2, 0.25) is 10.9 Å². The molecule has 10 heteroatoms. The van der Waals surface area contributed by atoms with Gasteiger partial charge in [-0.1, -0.05) is 42.9 Å². The van der Waals surface area contributed by atoms with E-state index in [9.17, 15) is 40.2 Å². The predicted molar refractivity (Wildman–Crippen MR) is 189 cm³/mol. The van der Waals surface area contributed by atoms with Crippen LogP contribution in [0.5, 0.6) is 34.5 Å². The Kier molecular flexibility index (Phi) is 7.66. The Balaban J connectivity index is 1.28. The van der Waals surface area contributed by atoms with Crippen LogP contribution in [0, 0.1) is 5.41 Å². The Bertz CT molecular complexity index is 2540. The van der Waals surface area contributed by atoms with E-state index in [1.165, 1.54) is 36.8 Å². The quantitative estimate of drug-likeness (QED) is 0.0982. The highest BCUT2D eigenvalue weighted by Gasteiger charge is 2.36. The molecule has 1 aliphatic rings. The summed E-state index contributed by atoms with van der Waals surface area (Å²) >= 11 is 0. The molecule has 0 radical (unpaired) electrons. The van der Waals surface area contributed by atoms with E-state index >= 15 is 0 Å². The zero-order chi connectivity index (χ0) is 35.5. The monoisotopic (exact) mass is 672 g/mol. The first-order chi connectivity index (χ1) is 23.8. The molecule has 0 saturated carbocycles. The number of rotatable bonds is 5. The van der Waals surface area contributed by atoms with Crippen molar-refractivity contribution in [2.75, 3.05) is 0 Å². The van der Waals surface area contributed by atoms with Crippen molar-refractivity contribution < 1.29 is 39.5 Å². The Hall–Kier alpha value is -6.42. The van der Waals surface area contributed by atoms with Gasteiger partial charge in [-0.05, 0) is 60.6 Å². The van der Waals surface area contributed by atoms with Gasteiger partial charge < -0.3 is 39.5 Å². The van der Waals surface area contributed by atoms with Gasteiger partial charge in [0.25, 0.3) is 0 Å². The lowest BCUT2D eigenvalue weighted by Gasteiger charge is -2.38. The fourth-order valence-electron chi connectivity index (χ4n) is 6.75. The summed E-state index contributed by atoms with van der Waals surface area (Å²) in [4.78, 5) is 26.9. The van der Waals surface area contributed by atoms with E-state index in [2.05, 4.69) is 6.08 Å². The number of phenols is 6. The van der Waals surface area contributed by atoms with Crippen molar-refractivity contribution in [1.29, 1.82) is 0 Å².